The van der Waals surface area contributed by atoms with Crippen LogP contribution in [0.3, 0.4) is 0 Å². The van der Waals surface area contributed by atoms with E-state index in [4.69, 9.17) is 23.4 Å². The van der Waals surface area contributed by atoms with Crippen molar-refractivity contribution >= 4 is 32.0 Å². The van der Waals surface area contributed by atoms with Crippen LogP contribution in [0.25, 0.3) is 21.9 Å². The number of hydrogen-bond donors (Lipinski definition) is 0. The van der Waals surface area contributed by atoms with Crippen LogP contribution in [0, 0.1) is 0 Å². The van der Waals surface area contributed by atoms with E-state index in [9.17, 15) is 13.2 Å². The molecule has 0 unspecified atom stereocenters. The van der Waals surface area contributed by atoms with Crippen molar-refractivity contribution < 1.29 is 31.8 Å². The molecule has 5 rings (SSSR count). The lowest BCUT2D eigenvalue weighted by Crippen LogP contribution is -2.38. The highest BCUT2D eigenvalue weighted by molar-refractivity contribution is 7.89. The van der Waals surface area contributed by atoms with E-state index in [-0.39, 0.29) is 44.3 Å². The molecule has 0 radical (unpaired) electrons. The topological polar surface area (TPSA) is 105 Å². The van der Waals surface area contributed by atoms with E-state index in [0.717, 1.165) is 0 Å². The molecule has 38 heavy (non-hydrogen) atoms. The van der Waals surface area contributed by atoms with Gasteiger partial charge in [0.15, 0.2) is 22.0 Å². The number of fused-ring (bicyclic) bond motifs is 2. The Bertz CT molecular complexity index is 1660. The minimum absolute atomic E-state index is 0.00534. The number of benzene rings is 3. The van der Waals surface area contributed by atoms with E-state index in [1.54, 1.807) is 0 Å². The first-order valence-electron chi connectivity index (χ1n) is 12.2. The standard InChI is InChI=1S/C28H29NO8S/c1-33-21-14-19-20(15-22(21)34-2)37-27-25(26(19)30)23(35-3)16-24(36-4)28(27)38(31,32)29-12-10-18(11-13-29)17-8-6-5-7-9-17/h5-9,14-16,18H,10-13H2,1-4H3. The third-order valence-corrected chi connectivity index (χ3v) is 9.05. The van der Waals surface area contributed by atoms with Gasteiger partial charge in [-0.05, 0) is 30.4 Å². The summed E-state index contributed by atoms with van der Waals surface area (Å²) in [6, 6.07) is 14.5. The molecule has 3 aromatic carbocycles. The lowest BCUT2D eigenvalue weighted by Gasteiger charge is -2.32. The third-order valence-electron chi connectivity index (χ3n) is 7.10. The van der Waals surface area contributed by atoms with Crippen molar-refractivity contribution in [1.29, 1.82) is 0 Å². The van der Waals surface area contributed by atoms with Crippen molar-refractivity contribution in [3.8, 4) is 23.0 Å². The summed E-state index contributed by atoms with van der Waals surface area (Å²) in [5, 5.41) is 0.205. The van der Waals surface area contributed by atoms with E-state index in [1.807, 2.05) is 18.2 Å². The van der Waals surface area contributed by atoms with Crippen LogP contribution in [0.1, 0.15) is 24.3 Å². The fourth-order valence-electron chi connectivity index (χ4n) is 5.11. The summed E-state index contributed by atoms with van der Waals surface area (Å²) in [6.45, 7) is 0.642. The summed E-state index contributed by atoms with van der Waals surface area (Å²) in [5.74, 6) is 1.12. The zero-order valence-corrected chi connectivity index (χ0v) is 22.5. The molecule has 0 saturated carbocycles. The Morgan fingerprint density at radius 2 is 1.42 bits per heavy atom. The molecule has 1 fully saturated rings. The first kappa shape index (κ1) is 25.9. The van der Waals surface area contributed by atoms with Gasteiger partial charge in [-0.15, -0.1) is 0 Å². The monoisotopic (exact) mass is 539 g/mol. The number of nitrogens with zero attached hydrogens (tertiary/aromatic N) is 1. The first-order valence-corrected chi connectivity index (χ1v) is 13.6. The average molecular weight is 540 g/mol. The minimum atomic E-state index is -4.11. The summed E-state index contributed by atoms with van der Waals surface area (Å²) in [6.07, 6.45) is 1.34. The van der Waals surface area contributed by atoms with E-state index in [2.05, 4.69) is 12.1 Å². The second-order valence-corrected chi connectivity index (χ2v) is 10.9. The van der Waals surface area contributed by atoms with E-state index >= 15 is 0 Å². The number of hydrogen-bond acceptors (Lipinski definition) is 8. The summed E-state index contributed by atoms with van der Waals surface area (Å²) >= 11 is 0. The maximum absolute atomic E-state index is 14.1. The quantitative estimate of drug-likeness (QED) is 0.315. The van der Waals surface area contributed by atoms with Crippen LogP contribution < -0.4 is 24.4 Å². The van der Waals surface area contributed by atoms with E-state index in [1.165, 1.54) is 56.5 Å². The highest BCUT2D eigenvalue weighted by atomic mass is 32.2. The van der Waals surface area contributed by atoms with Crippen molar-refractivity contribution in [1.82, 2.24) is 4.31 Å². The molecular formula is C28H29NO8S. The van der Waals surface area contributed by atoms with Crippen LogP contribution in [0.2, 0.25) is 0 Å². The highest BCUT2D eigenvalue weighted by Gasteiger charge is 2.36. The summed E-state index contributed by atoms with van der Waals surface area (Å²) < 4.78 is 57.4. The van der Waals surface area contributed by atoms with Gasteiger partial charge in [-0.2, -0.15) is 4.31 Å². The Morgan fingerprint density at radius 1 is 0.816 bits per heavy atom. The Balaban J connectivity index is 1.68. The van der Waals surface area contributed by atoms with Gasteiger partial charge < -0.3 is 23.4 Å². The van der Waals surface area contributed by atoms with Gasteiger partial charge in [0.05, 0.1) is 33.8 Å². The fourth-order valence-corrected chi connectivity index (χ4v) is 6.84. The van der Waals surface area contributed by atoms with E-state index in [0.29, 0.717) is 37.4 Å². The second-order valence-electron chi connectivity index (χ2n) is 9.04. The maximum Gasteiger partial charge on any atom is 0.250 e. The Hall–Kier alpha value is -3.76. The van der Waals surface area contributed by atoms with E-state index < -0.39 is 15.5 Å². The van der Waals surface area contributed by atoms with Crippen molar-refractivity contribution in [3.63, 3.8) is 0 Å². The first-order chi connectivity index (χ1) is 18.3. The molecule has 10 heteroatoms. The smallest absolute Gasteiger partial charge is 0.250 e. The molecule has 0 N–H and O–H groups in total. The predicted molar refractivity (Wildman–Crippen MR) is 143 cm³/mol. The second kappa shape index (κ2) is 10.2. The van der Waals surface area contributed by atoms with Crippen LogP contribution in [0.4, 0.5) is 0 Å². The predicted octanol–water partition coefficient (Wildman–Crippen LogP) is 4.55. The van der Waals surface area contributed by atoms with Gasteiger partial charge in [0.2, 0.25) is 5.43 Å². The molecule has 0 spiro atoms. The van der Waals surface area contributed by atoms with Gasteiger partial charge in [-0.25, -0.2) is 8.42 Å². The van der Waals surface area contributed by atoms with Crippen LogP contribution in [0.15, 0.2) is 62.6 Å². The SMILES string of the molecule is COc1cc2oc3c(S(=O)(=O)N4CCC(c5ccccc5)CC4)c(OC)cc(OC)c3c(=O)c2cc1OC. The zero-order valence-electron chi connectivity index (χ0n) is 21.6. The Kier molecular flexibility index (Phi) is 6.93. The molecule has 0 atom stereocenters. The van der Waals surface area contributed by atoms with Crippen LogP contribution in [-0.4, -0.2) is 54.3 Å². The largest absolute Gasteiger partial charge is 0.496 e. The van der Waals surface area contributed by atoms with Crippen LogP contribution >= 0.6 is 0 Å². The number of methoxy groups -OCH3 is 4. The Labute approximate surface area is 220 Å². The van der Waals surface area contributed by atoms with Crippen molar-refractivity contribution in [2.45, 2.75) is 23.7 Å². The molecule has 9 nitrogen and oxygen atoms in total. The normalized spacial score (nSPS) is 15.1. The number of ether oxygens (including phenoxy) is 4. The highest BCUT2D eigenvalue weighted by Crippen LogP contribution is 2.42. The third kappa shape index (κ3) is 4.23. The van der Waals surface area contributed by atoms with Crippen molar-refractivity contribution in [2.24, 2.45) is 0 Å². The van der Waals surface area contributed by atoms with Gasteiger partial charge in [-0.3, -0.25) is 4.79 Å². The molecule has 4 aromatic rings. The minimum Gasteiger partial charge on any atom is -0.496 e. The van der Waals surface area contributed by atoms with Crippen molar-refractivity contribution in [3.05, 3.63) is 64.3 Å². The average Bonchev–Trinajstić information content (AvgIpc) is 2.96. The number of sulfonamides is 1. The molecule has 1 aliphatic heterocycles. The molecule has 1 aliphatic rings. The Morgan fingerprint density at radius 3 is 2.03 bits per heavy atom. The lowest BCUT2D eigenvalue weighted by molar-refractivity contribution is 0.317. The molecule has 1 aromatic heterocycles. The molecule has 0 amide bonds. The molecule has 0 aliphatic carbocycles. The van der Waals surface area contributed by atoms with Crippen LogP contribution in [-0.2, 0) is 10.0 Å². The van der Waals surface area contributed by atoms with Gasteiger partial charge in [-0.1, -0.05) is 30.3 Å². The summed E-state index contributed by atoms with van der Waals surface area (Å²) in [4.78, 5) is 13.5. The molecule has 200 valence electrons. The van der Waals surface area contributed by atoms with Gasteiger partial charge in [0, 0.05) is 25.2 Å². The molecular weight excluding hydrogens is 510 g/mol. The molecule has 0 bridgehead atoms. The number of rotatable bonds is 7. The number of piperidine rings is 1. The molecule has 2 heterocycles. The maximum atomic E-state index is 14.1. The van der Waals surface area contributed by atoms with Crippen molar-refractivity contribution in [2.75, 3.05) is 41.5 Å². The molecule has 1 saturated heterocycles. The summed E-state index contributed by atoms with van der Waals surface area (Å²) in [7, 11) is 1.58. The van der Waals surface area contributed by atoms with Gasteiger partial charge >= 0.3 is 0 Å². The summed E-state index contributed by atoms with van der Waals surface area (Å²) in [5.41, 5.74) is 0.755. The van der Waals surface area contributed by atoms with Gasteiger partial charge in [0.1, 0.15) is 22.5 Å². The van der Waals surface area contributed by atoms with Crippen LogP contribution in [0.5, 0.6) is 23.0 Å². The zero-order chi connectivity index (χ0) is 27.0. The fraction of sp³-hybridized carbons (Fsp3) is 0.321. The lowest BCUT2D eigenvalue weighted by atomic mass is 9.90. The van der Waals surface area contributed by atoms with Gasteiger partial charge in [0.25, 0.3) is 10.0 Å².